The van der Waals surface area contributed by atoms with Crippen molar-refractivity contribution in [3.05, 3.63) is 51.6 Å². The summed E-state index contributed by atoms with van der Waals surface area (Å²) in [6, 6.07) is 8.79. The average Bonchev–Trinajstić information content (AvgIpc) is 3.07. The summed E-state index contributed by atoms with van der Waals surface area (Å²) in [5.41, 5.74) is 1.37. The van der Waals surface area contributed by atoms with Crippen LogP contribution in [0, 0.1) is 0 Å². The second-order valence-electron chi connectivity index (χ2n) is 5.64. The Morgan fingerprint density at radius 3 is 2.14 bits per heavy atom. The summed E-state index contributed by atoms with van der Waals surface area (Å²) >= 11 is 3.41. The Morgan fingerprint density at radius 2 is 1.57 bits per heavy atom. The molecule has 3 rings (SSSR count). The number of rotatable bonds is 6. The van der Waals surface area contributed by atoms with Crippen LogP contribution < -0.4 is 18.9 Å². The number of ether oxygens (including phenoxy) is 5. The summed E-state index contributed by atoms with van der Waals surface area (Å²) in [6.07, 6.45) is 1.61. The number of hydrogen-bond acceptors (Lipinski definition) is 7. The number of hydrogen-bond donors (Lipinski definition) is 0. The van der Waals surface area contributed by atoms with Crippen LogP contribution in [0.15, 0.2) is 45.5 Å². The quantitative estimate of drug-likeness (QED) is 0.494. The van der Waals surface area contributed by atoms with Gasteiger partial charge in [0.2, 0.25) is 11.6 Å². The Balaban J connectivity index is 2.04. The van der Waals surface area contributed by atoms with Gasteiger partial charge in [-0.05, 0) is 36.4 Å². The molecule has 1 aliphatic heterocycles. The first kappa shape index (κ1) is 19.8. The maximum absolute atomic E-state index is 12.3. The molecule has 0 radical (unpaired) electrons. The Labute approximate surface area is 170 Å². The monoisotopic (exact) mass is 447 g/mol. The zero-order chi connectivity index (χ0) is 20.3. The highest BCUT2D eigenvalue weighted by atomic mass is 79.9. The van der Waals surface area contributed by atoms with Crippen LogP contribution in [0.5, 0.6) is 23.0 Å². The van der Waals surface area contributed by atoms with Gasteiger partial charge >= 0.3 is 5.97 Å². The summed E-state index contributed by atoms with van der Waals surface area (Å²) in [6.45, 7) is 0. The van der Waals surface area contributed by atoms with E-state index in [2.05, 4.69) is 20.9 Å². The topological polar surface area (TPSA) is 75.6 Å². The van der Waals surface area contributed by atoms with Crippen LogP contribution >= 0.6 is 15.9 Å². The first-order valence-electron chi connectivity index (χ1n) is 8.17. The van der Waals surface area contributed by atoms with Gasteiger partial charge in [-0.25, -0.2) is 9.79 Å². The smallest absolute Gasteiger partial charge is 0.363 e. The number of nitrogens with zero attached hydrogens (tertiary/aromatic N) is 1. The fourth-order valence-corrected chi connectivity index (χ4v) is 3.08. The summed E-state index contributed by atoms with van der Waals surface area (Å²) < 4.78 is 27.5. The van der Waals surface area contributed by atoms with Crippen LogP contribution in [0.3, 0.4) is 0 Å². The molecule has 0 saturated carbocycles. The molecule has 0 bridgehead atoms. The summed E-state index contributed by atoms with van der Waals surface area (Å²) in [7, 11) is 6.09. The van der Waals surface area contributed by atoms with Crippen LogP contribution in [0.25, 0.3) is 6.08 Å². The van der Waals surface area contributed by atoms with Gasteiger partial charge in [-0.1, -0.05) is 15.9 Å². The molecule has 1 heterocycles. The lowest BCUT2D eigenvalue weighted by atomic mass is 10.1. The molecular formula is C20H18BrNO6. The zero-order valence-corrected chi connectivity index (χ0v) is 17.3. The molecule has 0 aliphatic carbocycles. The first-order valence-corrected chi connectivity index (χ1v) is 8.96. The standard InChI is InChI=1S/C20H18BrNO6/c1-24-15-6-5-13(21)7-11(15)8-14-20(23)28-19(22-14)12-9-16(25-2)18(27-4)17(10-12)26-3/h5-10H,1-4H3. The number of benzene rings is 2. The molecule has 0 aromatic heterocycles. The van der Waals surface area contributed by atoms with Gasteiger partial charge < -0.3 is 23.7 Å². The van der Waals surface area contributed by atoms with Gasteiger partial charge in [0.05, 0.1) is 28.4 Å². The van der Waals surface area contributed by atoms with Crippen molar-refractivity contribution in [2.45, 2.75) is 0 Å². The minimum Gasteiger partial charge on any atom is -0.496 e. The largest absolute Gasteiger partial charge is 0.496 e. The van der Waals surface area contributed by atoms with Crippen LogP contribution in [0.2, 0.25) is 0 Å². The molecule has 0 N–H and O–H groups in total. The van der Waals surface area contributed by atoms with E-state index in [1.807, 2.05) is 12.1 Å². The van der Waals surface area contributed by atoms with Crippen LogP contribution in [0.1, 0.15) is 11.1 Å². The summed E-state index contributed by atoms with van der Waals surface area (Å²) in [5, 5.41) is 0. The minimum atomic E-state index is -0.564. The lowest BCUT2D eigenvalue weighted by Gasteiger charge is -2.13. The predicted molar refractivity (Wildman–Crippen MR) is 107 cm³/mol. The fourth-order valence-electron chi connectivity index (χ4n) is 2.70. The van der Waals surface area contributed by atoms with Crippen molar-refractivity contribution >= 4 is 33.9 Å². The highest BCUT2D eigenvalue weighted by molar-refractivity contribution is 9.10. The predicted octanol–water partition coefficient (Wildman–Crippen LogP) is 3.83. The van der Waals surface area contributed by atoms with Crippen LogP contribution in [-0.2, 0) is 9.53 Å². The molecule has 0 fully saturated rings. The minimum absolute atomic E-state index is 0.143. The van der Waals surface area contributed by atoms with Crippen molar-refractivity contribution in [3.8, 4) is 23.0 Å². The number of halogens is 1. The van der Waals surface area contributed by atoms with E-state index in [9.17, 15) is 4.79 Å². The van der Waals surface area contributed by atoms with Crippen molar-refractivity contribution in [2.75, 3.05) is 28.4 Å². The Hall–Kier alpha value is -3.00. The van der Waals surface area contributed by atoms with E-state index >= 15 is 0 Å². The number of methoxy groups -OCH3 is 4. The van der Waals surface area contributed by atoms with Crippen molar-refractivity contribution in [2.24, 2.45) is 4.99 Å². The van der Waals surface area contributed by atoms with Gasteiger partial charge in [-0.2, -0.15) is 0 Å². The molecule has 28 heavy (non-hydrogen) atoms. The second-order valence-corrected chi connectivity index (χ2v) is 6.55. The number of carbonyl (C=O) groups excluding carboxylic acids is 1. The highest BCUT2D eigenvalue weighted by Gasteiger charge is 2.27. The third kappa shape index (κ3) is 3.82. The summed E-state index contributed by atoms with van der Waals surface area (Å²) in [4.78, 5) is 16.7. The maximum Gasteiger partial charge on any atom is 0.363 e. The van der Waals surface area contributed by atoms with Crippen molar-refractivity contribution in [3.63, 3.8) is 0 Å². The van der Waals surface area contributed by atoms with Crippen molar-refractivity contribution < 1.29 is 28.5 Å². The normalized spacial score (nSPS) is 14.5. The van der Waals surface area contributed by atoms with E-state index in [-0.39, 0.29) is 11.6 Å². The van der Waals surface area contributed by atoms with E-state index in [4.69, 9.17) is 23.7 Å². The molecule has 2 aromatic rings. The number of aliphatic imine (C=N–C) groups is 1. The number of cyclic esters (lactones) is 1. The van der Waals surface area contributed by atoms with Crippen LogP contribution in [-0.4, -0.2) is 40.3 Å². The van der Waals surface area contributed by atoms with Gasteiger partial charge in [-0.15, -0.1) is 0 Å². The van der Waals surface area contributed by atoms with E-state index in [1.54, 1.807) is 31.4 Å². The molecule has 8 heteroatoms. The summed E-state index contributed by atoms with van der Waals surface area (Å²) in [5.74, 6) is 1.49. The first-order chi connectivity index (χ1) is 13.5. The van der Waals surface area contributed by atoms with Gasteiger partial charge in [-0.3, -0.25) is 0 Å². The second kappa shape index (κ2) is 8.35. The fraction of sp³-hybridized carbons (Fsp3) is 0.200. The van der Waals surface area contributed by atoms with Gasteiger partial charge in [0, 0.05) is 15.6 Å². The number of esters is 1. The van der Waals surface area contributed by atoms with Crippen molar-refractivity contribution in [1.29, 1.82) is 0 Å². The van der Waals surface area contributed by atoms with E-state index < -0.39 is 5.97 Å². The lowest BCUT2D eigenvalue weighted by Crippen LogP contribution is -2.07. The average molecular weight is 448 g/mol. The zero-order valence-electron chi connectivity index (χ0n) is 15.7. The van der Waals surface area contributed by atoms with Gasteiger partial charge in [0.1, 0.15) is 5.75 Å². The molecule has 0 spiro atoms. The number of carbonyl (C=O) groups is 1. The van der Waals surface area contributed by atoms with Crippen LogP contribution in [0.4, 0.5) is 0 Å². The highest BCUT2D eigenvalue weighted by Crippen LogP contribution is 2.39. The van der Waals surface area contributed by atoms with E-state index in [1.165, 1.54) is 21.3 Å². The molecule has 0 amide bonds. The molecule has 2 aromatic carbocycles. The Kier molecular flexibility index (Phi) is 5.89. The van der Waals surface area contributed by atoms with E-state index in [0.29, 0.717) is 34.1 Å². The molecule has 0 unspecified atom stereocenters. The Morgan fingerprint density at radius 1 is 0.929 bits per heavy atom. The third-order valence-corrected chi connectivity index (χ3v) is 4.51. The Bertz CT molecular complexity index is 958. The van der Waals surface area contributed by atoms with Crippen molar-refractivity contribution in [1.82, 2.24) is 0 Å². The molecule has 0 atom stereocenters. The van der Waals surface area contributed by atoms with Gasteiger partial charge in [0.15, 0.2) is 17.2 Å². The third-order valence-electron chi connectivity index (χ3n) is 4.02. The van der Waals surface area contributed by atoms with E-state index in [0.717, 1.165) is 4.47 Å². The lowest BCUT2D eigenvalue weighted by molar-refractivity contribution is -0.129. The van der Waals surface area contributed by atoms with Gasteiger partial charge in [0.25, 0.3) is 0 Å². The SMILES string of the molecule is COc1ccc(Br)cc1C=C1N=C(c2cc(OC)c(OC)c(OC)c2)OC1=O. The molecule has 1 aliphatic rings. The molecular weight excluding hydrogens is 430 g/mol. The maximum atomic E-state index is 12.3. The molecule has 0 saturated heterocycles. The molecule has 146 valence electrons. The molecule has 7 nitrogen and oxygen atoms in total.